The van der Waals surface area contributed by atoms with Crippen LogP contribution in [0.25, 0.3) is 0 Å². The largest absolute Gasteiger partial charge is 0.871 e. The third kappa shape index (κ3) is 3.27. The van der Waals surface area contributed by atoms with E-state index in [0.717, 1.165) is 18.2 Å². The van der Waals surface area contributed by atoms with E-state index in [2.05, 4.69) is 10.2 Å². The number of hydrogen-bond acceptors (Lipinski definition) is 7. The zero-order valence-electron chi connectivity index (χ0n) is 12.1. The Morgan fingerprint density at radius 3 is 2.55 bits per heavy atom. The Balaban J connectivity index is 2.34. The number of ketones is 1. The Morgan fingerprint density at radius 2 is 1.95 bits per heavy atom. The van der Waals surface area contributed by atoms with Crippen molar-refractivity contribution in [3.63, 3.8) is 0 Å². The van der Waals surface area contributed by atoms with Crippen LogP contribution in [-0.2, 0) is 4.79 Å². The lowest BCUT2D eigenvalue weighted by Crippen LogP contribution is -2.25. The summed E-state index contributed by atoms with van der Waals surface area (Å²) in [5.41, 5.74) is -1.13. The number of rotatable bonds is 3. The Kier molecular flexibility index (Phi) is 3.94. The molecule has 22 heavy (non-hydrogen) atoms. The van der Waals surface area contributed by atoms with Gasteiger partial charge in [0.15, 0.2) is 11.5 Å². The smallest absolute Gasteiger partial charge is 0.271 e. The van der Waals surface area contributed by atoms with E-state index in [1.54, 1.807) is 0 Å². The molecule has 116 valence electrons. The molecule has 2 rings (SSSR count). The molecule has 8 nitrogen and oxygen atoms in total. The van der Waals surface area contributed by atoms with Gasteiger partial charge < -0.3 is 10.2 Å². The fraction of sp³-hybridized carbons (Fsp3) is 0.357. The molecule has 1 aromatic carbocycles. The van der Waals surface area contributed by atoms with Gasteiger partial charge in [-0.05, 0) is 5.41 Å². The van der Waals surface area contributed by atoms with E-state index in [1.165, 1.54) is 0 Å². The normalized spacial score (nSPS) is 18.0. The molecule has 0 fully saturated rings. The highest BCUT2D eigenvalue weighted by Crippen LogP contribution is 2.37. The van der Waals surface area contributed by atoms with Crippen LogP contribution < -0.4 is 5.11 Å². The van der Waals surface area contributed by atoms with E-state index >= 15 is 0 Å². The summed E-state index contributed by atoms with van der Waals surface area (Å²) in [7, 11) is 0. The number of azo groups is 1. The summed E-state index contributed by atoms with van der Waals surface area (Å²) >= 11 is 0. The number of nitro groups is 1. The highest BCUT2D eigenvalue weighted by Gasteiger charge is 2.33. The van der Waals surface area contributed by atoms with E-state index < -0.39 is 10.7 Å². The molecule has 0 unspecified atom stereocenters. The molecule has 0 aromatic heterocycles. The first kappa shape index (κ1) is 15.6. The second kappa shape index (κ2) is 5.55. The van der Waals surface area contributed by atoms with Gasteiger partial charge in [-0.2, -0.15) is 5.11 Å². The van der Waals surface area contributed by atoms with E-state index in [-0.39, 0.29) is 46.9 Å². The van der Waals surface area contributed by atoms with E-state index in [9.17, 15) is 25.1 Å². The van der Waals surface area contributed by atoms with Gasteiger partial charge >= 0.3 is 0 Å². The minimum Gasteiger partial charge on any atom is -0.871 e. The highest BCUT2D eigenvalue weighted by molar-refractivity contribution is 5.96. The molecule has 1 aliphatic rings. The molecule has 0 spiro atoms. The number of allylic oxidation sites excluding steroid dienone is 2. The number of nitro benzene ring substituents is 1. The Hall–Kier alpha value is -2.77. The van der Waals surface area contributed by atoms with Crippen LogP contribution in [0.5, 0.6) is 5.75 Å². The van der Waals surface area contributed by atoms with Crippen molar-refractivity contribution in [3.05, 3.63) is 39.8 Å². The van der Waals surface area contributed by atoms with E-state index in [1.807, 2.05) is 13.8 Å². The first-order valence-electron chi connectivity index (χ1n) is 6.52. The standard InChI is InChI=1S/C14H15N3O5/c1-14(2)6-11(19)13(12(20)7-14)16-15-9-5-8(17(21)22)3-4-10(9)18/h3-5,18-19H,6-7H2,1-2H3/p-1. The first-order chi connectivity index (χ1) is 10.2. The Bertz CT molecular complexity index is 706. The summed E-state index contributed by atoms with van der Waals surface area (Å²) in [6, 6.07) is 3.04. The van der Waals surface area contributed by atoms with E-state index in [0.29, 0.717) is 0 Å². The Labute approximate surface area is 126 Å². The molecular weight excluding hydrogens is 290 g/mol. The number of aliphatic hydroxyl groups is 1. The monoisotopic (exact) mass is 304 g/mol. The van der Waals surface area contributed by atoms with E-state index in [4.69, 9.17) is 0 Å². The molecule has 0 bridgehead atoms. The van der Waals surface area contributed by atoms with Crippen molar-refractivity contribution in [3.8, 4) is 5.75 Å². The van der Waals surface area contributed by atoms with Crippen molar-refractivity contribution in [1.82, 2.24) is 0 Å². The van der Waals surface area contributed by atoms with Crippen LogP contribution in [0.3, 0.4) is 0 Å². The molecule has 0 saturated heterocycles. The van der Waals surface area contributed by atoms with Crippen LogP contribution in [0.15, 0.2) is 39.9 Å². The maximum atomic E-state index is 11.9. The number of carbonyl (C=O) groups excluding carboxylic acids is 1. The lowest BCUT2D eigenvalue weighted by atomic mass is 9.78. The van der Waals surface area contributed by atoms with Gasteiger partial charge in [0.25, 0.3) is 5.69 Å². The van der Waals surface area contributed by atoms with Gasteiger partial charge in [-0.25, -0.2) is 0 Å². The number of hydrogen-bond donors (Lipinski definition) is 1. The third-order valence-corrected chi connectivity index (χ3v) is 3.23. The zero-order chi connectivity index (χ0) is 16.5. The quantitative estimate of drug-likeness (QED) is 0.521. The molecule has 8 heteroatoms. The van der Waals surface area contributed by atoms with Gasteiger partial charge in [0.2, 0.25) is 0 Å². The predicted octanol–water partition coefficient (Wildman–Crippen LogP) is 2.91. The summed E-state index contributed by atoms with van der Waals surface area (Å²) in [6.07, 6.45) is 0.469. The second-order valence-corrected chi connectivity index (χ2v) is 5.85. The fourth-order valence-electron chi connectivity index (χ4n) is 2.19. The molecule has 0 aliphatic heterocycles. The topological polar surface area (TPSA) is 128 Å². The highest BCUT2D eigenvalue weighted by atomic mass is 16.6. The van der Waals surface area contributed by atoms with Gasteiger partial charge in [-0.15, -0.1) is 5.11 Å². The molecule has 1 N–H and O–H groups in total. The third-order valence-electron chi connectivity index (χ3n) is 3.23. The average molecular weight is 304 g/mol. The molecule has 1 aliphatic carbocycles. The lowest BCUT2D eigenvalue weighted by Gasteiger charge is -2.27. The molecule has 0 heterocycles. The number of aliphatic hydroxyl groups excluding tert-OH is 1. The number of non-ortho nitro benzene ring substituents is 1. The van der Waals surface area contributed by atoms with Crippen molar-refractivity contribution >= 4 is 17.2 Å². The molecule has 0 atom stereocenters. The molecule has 0 amide bonds. The Morgan fingerprint density at radius 1 is 1.27 bits per heavy atom. The maximum Gasteiger partial charge on any atom is 0.271 e. The van der Waals surface area contributed by atoms with Gasteiger partial charge in [-0.3, -0.25) is 14.9 Å². The molecule has 1 aromatic rings. The number of carbonyl (C=O) groups is 1. The fourth-order valence-corrected chi connectivity index (χ4v) is 2.19. The summed E-state index contributed by atoms with van der Waals surface area (Å²) in [4.78, 5) is 22.0. The van der Waals surface area contributed by atoms with Crippen molar-refractivity contribution in [1.29, 1.82) is 0 Å². The number of nitrogens with zero attached hydrogens (tertiary/aromatic N) is 3. The van der Waals surface area contributed by atoms with Gasteiger partial charge in [-0.1, -0.05) is 25.7 Å². The minimum absolute atomic E-state index is 0.192. The summed E-state index contributed by atoms with van der Waals surface area (Å²) in [5.74, 6) is -1.13. The summed E-state index contributed by atoms with van der Waals surface area (Å²) in [5, 5.41) is 39.4. The average Bonchev–Trinajstić information content (AvgIpc) is 2.38. The molecular formula is C14H14N3O5-. The van der Waals surface area contributed by atoms with Crippen LogP contribution in [0.2, 0.25) is 0 Å². The predicted molar refractivity (Wildman–Crippen MR) is 74.7 cm³/mol. The van der Waals surface area contributed by atoms with Crippen LogP contribution in [0, 0.1) is 15.5 Å². The SMILES string of the molecule is CC1(C)CC(=O)C(N=Nc2cc([N+](=O)[O-])ccc2[O-])=C(O)C1. The number of benzene rings is 1. The first-order valence-corrected chi connectivity index (χ1v) is 6.52. The van der Waals surface area contributed by atoms with Crippen LogP contribution in [0.1, 0.15) is 26.7 Å². The summed E-state index contributed by atoms with van der Waals surface area (Å²) < 4.78 is 0. The van der Waals surface area contributed by atoms with Crippen molar-refractivity contribution in [2.45, 2.75) is 26.7 Å². The molecule has 0 radical (unpaired) electrons. The van der Waals surface area contributed by atoms with Gasteiger partial charge in [0, 0.05) is 25.0 Å². The number of Topliss-reactive ketones (excluding diaryl/α,β-unsaturated/α-hetero) is 1. The summed E-state index contributed by atoms with van der Waals surface area (Å²) in [6.45, 7) is 3.68. The van der Waals surface area contributed by atoms with Crippen molar-refractivity contribution < 1.29 is 19.9 Å². The van der Waals surface area contributed by atoms with Gasteiger partial charge in [0.1, 0.15) is 5.76 Å². The second-order valence-electron chi connectivity index (χ2n) is 5.85. The lowest BCUT2D eigenvalue weighted by molar-refractivity contribution is -0.385. The zero-order valence-corrected chi connectivity index (χ0v) is 12.1. The van der Waals surface area contributed by atoms with Crippen LogP contribution in [-0.4, -0.2) is 15.8 Å². The van der Waals surface area contributed by atoms with Crippen LogP contribution >= 0.6 is 0 Å². The van der Waals surface area contributed by atoms with Gasteiger partial charge in [0.05, 0.1) is 10.6 Å². The minimum atomic E-state index is -0.663. The maximum absolute atomic E-state index is 11.9. The van der Waals surface area contributed by atoms with Crippen molar-refractivity contribution in [2.24, 2.45) is 15.6 Å². The molecule has 0 saturated carbocycles. The van der Waals surface area contributed by atoms with Crippen LogP contribution in [0.4, 0.5) is 11.4 Å². The van der Waals surface area contributed by atoms with Crippen molar-refractivity contribution in [2.75, 3.05) is 0 Å².